The van der Waals surface area contributed by atoms with Crippen molar-refractivity contribution >= 4 is 0 Å². The molecule has 2 nitrogen and oxygen atoms in total. The van der Waals surface area contributed by atoms with E-state index in [0.29, 0.717) is 18.2 Å². The van der Waals surface area contributed by atoms with Crippen LogP contribution in [0.25, 0.3) is 0 Å². The van der Waals surface area contributed by atoms with E-state index in [4.69, 9.17) is 4.74 Å². The van der Waals surface area contributed by atoms with Crippen molar-refractivity contribution in [2.45, 2.75) is 51.9 Å². The van der Waals surface area contributed by atoms with E-state index >= 15 is 0 Å². The minimum absolute atomic E-state index is 0.395. The van der Waals surface area contributed by atoms with E-state index in [1.165, 1.54) is 5.57 Å². The first kappa shape index (κ1) is 10.7. The van der Waals surface area contributed by atoms with Gasteiger partial charge in [-0.25, -0.2) is 0 Å². The predicted molar refractivity (Wildman–Crippen MR) is 55.8 cm³/mol. The van der Waals surface area contributed by atoms with Crippen molar-refractivity contribution in [1.82, 2.24) is 5.32 Å². The topological polar surface area (TPSA) is 21.3 Å². The van der Waals surface area contributed by atoms with Gasteiger partial charge in [-0.2, -0.15) is 0 Å². The Morgan fingerprint density at radius 3 is 2.38 bits per heavy atom. The molecule has 0 aromatic carbocycles. The van der Waals surface area contributed by atoms with E-state index in [1.807, 2.05) is 0 Å². The molecular formula is C11H21NO. The molecule has 2 atom stereocenters. The largest absolute Gasteiger partial charge is 0.375 e. The maximum Gasteiger partial charge on any atom is 0.0565 e. The summed E-state index contributed by atoms with van der Waals surface area (Å²) in [5.74, 6) is 0. The van der Waals surface area contributed by atoms with Gasteiger partial charge in [0, 0.05) is 12.6 Å². The average molecular weight is 183 g/mol. The number of rotatable bonds is 3. The number of nitrogens with one attached hydrogen (secondary N) is 1. The number of ether oxygens (including phenoxy) is 1. The molecule has 0 aromatic rings. The molecule has 1 aliphatic rings. The van der Waals surface area contributed by atoms with Gasteiger partial charge in [-0.1, -0.05) is 12.2 Å². The fourth-order valence-electron chi connectivity index (χ4n) is 1.89. The van der Waals surface area contributed by atoms with Crippen LogP contribution in [-0.4, -0.2) is 24.8 Å². The summed E-state index contributed by atoms with van der Waals surface area (Å²) in [5, 5.41) is 3.50. The lowest BCUT2D eigenvalue weighted by Crippen LogP contribution is -2.41. The minimum atomic E-state index is 0.395. The predicted octanol–water partition coefficient (Wildman–Crippen LogP) is 2.11. The Bertz CT molecular complexity index is 169. The van der Waals surface area contributed by atoms with E-state index in [9.17, 15) is 0 Å². The van der Waals surface area contributed by atoms with E-state index in [1.54, 1.807) is 0 Å². The molecule has 0 amide bonds. The van der Waals surface area contributed by atoms with Crippen LogP contribution in [-0.2, 0) is 4.74 Å². The van der Waals surface area contributed by atoms with Crippen molar-refractivity contribution < 1.29 is 4.74 Å². The van der Waals surface area contributed by atoms with Gasteiger partial charge < -0.3 is 10.1 Å². The van der Waals surface area contributed by atoms with Crippen molar-refractivity contribution in [3.05, 3.63) is 12.2 Å². The van der Waals surface area contributed by atoms with Gasteiger partial charge in [0.2, 0.25) is 0 Å². The Morgan fingerprint density at radius 1 is 1.38 bits per heavy atom. The first-order valence-electron chi connectivity index (χ1n) is 5.11. The molecule has 0 spiro atoms. The van der Waals surface area contributed by atoms with E-state index in [2.05, 4.69) is 32.7 Å². The van der Waals surface area contributed by atoms with Gasteiger partial charge in [-0.15, -0.1) is 0 Å². The Hall–Kier alpha value is -0.340. The normalized spacial score (nSPS) is 34.5. The molecule has 13 heavy (non-hydrogen) atoms. The summed E-state index contributed by atoms with van der Waals surface area (Å²) in [4.78, 5) is 0. The maximum absolute atomic E-state index is 5.66. The zero-order valence-electron chi connectivity index (χ0n) is 8.97. The monoisotopic (exact) mass is 183 g/mol. The first-order valence-corrected chi connectivity index (χ1v) is 5.11. The van der Waals surface area contributed by atoms with Crippen LogP contribution >= 0.6 is 0 Å². The van der Waals surface area contributed by atoms with Crippen LogP contribution in [0.3, 0.4) is 0 Å². The van der Waals surface area contributed by atoms with Crippen molar-refractivity contribution in [2.75, 3.05) is 6.54 Å². The fourth-order valence-corrected chi connectivity index (χ4v) is 1.89. The second-order valence-corrected chi connectivity index (χ2v) is 4.26. The van der Waals surface area contributed by atoms with Crippen molar-refractivity contribution in [2.24, 2.45) is 0 Å². The molecule has 0 aliphatic carbocycles. The van der Waals surface area contributed by atoms with Gasteiger partial charge in [-0.3, -0.25) is 0 Å². The number of hydrogen-bond acceptors (Lipinski definition) is 2. The standard InChI is InChI=1S/C11H21NO/c1-8(2)7-12-11-5-9(3)13-10(4)6-11/h9-12H,1,5-7H2,2-4H3. The summed E-state index contributed by atoms with van der Waals surface area (Å²) in [6, 6.07) is 0.607. The van der Waals surface area contributed by atoms with Gasteiger partial charge >= 0.3 is 0 Å². The third-order valence-corrected chi connectivity index (χ3v) is 2.39. The SMILES string of the molecule is C=C(C)CNC1CC(C)OC(C)C1. The molecule has 1 aliphatic heterocycles. The first-order chi connectivity index (χ1) is 6.08. The van der Waals surface area contributed by atoms with Crippen LogP contribution in [0, 0.1) is 0 Å². The van der Waals surface area contributed by atoms with Crippen LogP contribution < -0.4 is 5.32 Å². The van der Waals surface area contributed by atoms with Gasteiger partial charge in [0.15, 0.2) is 0 Å². The van der Waals surface area contributed by atoms with Crippen molar-refractivity contribution in [3.8, 4) is 0 Å². The highest BCUT2D eigenvalue weighted by Gasteiger charge is 2.23. The van der Waals surface area contributed by atoms with Crippen molar-refractivity contribution in [1.29, 1.82) is 0 Å². The smallest absolute Gasteiger partial charge is 0.0565 e. The average Bonchev–Trinajstić information content (AvgIpc) is 1.99. The highest BCUT2D eigenvalue weighted by atomic mass is 16.5. The zero-order valence-corrected chi connectivity index (χ0v) is 8.97. The molecule has 0 saturated carbocycles. The summed E-state index contributed by atoms with van der Waals surface area (Å²) < 4.78 is 5.66. The van der Waals surface area contributed by atoms with Gasteiger partial charge in [0.25, 0.3) is 0 Å². The molecule has 0 aromatic heterocycles. The molecule has 76 valence electrons. The van der Waals surface area contributed by atoms with E-state index < -0.39 is 0 Å². The third-order valence-electron chi connectivity index (χ3n) is 2.39. The van der Waals surface area contributed by atoms with E-state index in [-0.39, 0.29) is 0 Å². The molecule has 2 unspecified atom stereocenters. The molecule has 2 heteroatoms. The molecule has 1 heterocycles. The quantitative estimate of drug-likeness (QED) is 0.677. The summed E-state index contributed by atoms with van der Waals surface area (Å²) in [5.41, 5.74) is 1.20. The number of hydrogen-bond donors (Lipinski definition) is 1. The molecule has 1 fully saturated rings. The van der Waals surface area contributed by atoms with Crippen LogP contribution in [0.2, 0.25) is 0 Å². The van der Waals surface area contributed by atoms with Gasteiger partial charge in [0.1, 0.15) is 0 Å². The fraction of sp³-hybridized carbons (Fsp3) is 0.818. The molecule has 1 rings (SSSR count). The molecule has 0 bridgehead atoms. The molecule has 1 N–H and O–H groups in total. The Kier molecular flexibility index (Phi) is 3.94. The Morgan fingerprint density at radius 2 is 1.92 bits per heavy atom. The molecule has 0 radical (unpaired) electrons. The highest BCUT2D eigenvalue weighted by molar-refractivity contribution is 4.92. The maximum atomic E-state index is 5.66. The van der Waals surface area contributed by atoms with Crippen molar-refractivity contribution in [3.63, 3.8) is 0 Å². The summed E-state index contributed by atoms with van der Waals surface area (Å²) >= 11 is 0. The lowest BCUT2D eigenvalue weighted by molar-refractivity contribution is -0.0416. The Labute approximate surface area is 81.4 Å². The highest BCUT2D eigenvalue weighted by Crippen LogP contribution is 2.18. The summed E-state index contributed by atoms with van der Waals surface area (Å²) in [6.45, 7) is 11.2. The second-order valence-electron chi connectivity index (χ2n) is 4.26. The summed E-state index contributed by atoms with van der Waals surface area (Å²) in [6.07, 6.45) is 3.03. The minimum Gasteiger partial charge on any atom is -0.375 e. The third kappa shape index (κ3) is 3.92. The summed E-state index contributed by atoms with van der Waals surface area (Å²) in [7, 11) is 0. The molecule has 1 saturated heterocycles. The lowest BCUT2D eigenvalue weighted by atomic mass is 10.00. The van der Waals surface area contributed by atoms with Crippen LogP contribution in [0.1, 0.15) is 33.6 Å². The lowest BCUT2D eigenvalue weighted by Gasteiger charge is -2.32. The van der Waals surface area contributed by atoms with Gasteiger partial charge in [0.05, 0.1) is 12.2 Å². The van der Waals surface area contributed by atoms with Gasteiger partial charge in [-0.05, 0) is 33.6 Å². The van der Waals surface area contributed by atoms with Crippen LogP contribution in [0.5, 0.6) is 0 Å². The zero-order chi connectivity index (χ0) is 9.84. The second kappa shape index (κ2) is 4.77. The Balaban J connectivity index is 2.28. The van der Waals surface area contributed by atoms with Crippen LogP contribution in [0.15, 0.2) is 12.2 Å². The molecular weight excluding hydrogens is 162 g/mol. The van der Waals surface area contributed by atoms with Crippen LogP contribution in [0.4, 0.5) is 0 Å². The van der Waals surface area contributed by atoms with E-state index in [0.717, 1.165) is 19.4 Å².